The predicted molar refractivity (Wildman–Crippen MR) is 79.6 cm³/mol. The SMILES string of the molecule is NCc1ccccc1S(=O)(=O)N1CCC(CC(N)=O)CC1. The van der Waals surface area contributed by atoms with Crippen molar-refractivity contribution in [3.05, 3.63) is 29.8 Å². The van der Waals surface area contributed by atoms with Gasteiger partial charge in [-0.05, 0) is 30.4 Å². The normalized spacial score (nSPS) is 17.8. The Kier molecular flexibility index (Phi) is 4.97. The molecule has 0 aliphatic carbocycles. The fraction of sp³-hybridized carbons (Fsp3) is 0.500. The molecular weight excluding hydrogens is 290 g/mol. The van der Waals surface area contributed by atoms with Crippen LogP contribution < -0.4 is 11.5 Å². The van der Waals surface area contributed by atoms with Gasteiger partial charge in [-0.25, -0.2) is 8.42 Å². The molecule has 0 aromatic heterocycles. The molecule has 1 aromatic carbocycles. The van der Waals surface area contributed by atoms with E-state index in [2.05, 4.69) is 0 Å². The van der Waals surface area contributed by atoms with Gasteiger partial charge >= 0.3 is 0 Å². The molecule has 1 aliphatic heterocycles. The molecule has 0 spiro atoms. The highest BCUT2D eigenvalue weighted by Gasteiger charge is 2.30. The quantitative estimate of drug-likeness (QED) is 0.822. The van der Waals surface area contributed by atoms with Crippen molar-refractivity contribution in [2.24, 2.45) is 17.4 Å². The number of nitrogens with zero attached hydrogens (tertiary/aromatic N) is 1. The van der Waals surface area contributed by atoms with Crippen LogP contribution in [-0.2, 0) is 21.4 Å². The molecule has 0 bridgehead atoms. The molecule has 1 saturated heterocycles. The number of rotatable bonds is 5. The minimum absolute atomic E-state index is 0.179. The average molecular weight is 311 g/mol. The Bertz CT molecular complexity index is 608. The van der Waals surface area contributed by atoms with Crippen molar-refractivity contribution in [2.45, 2.75) is 30.7 Å². The van der Waals surface area contributed by atoms with Crippen LogP contribution >= 0.6 is 0 Å². The maximum absolute atomic E-state index is 12.7. The number of hydrogen-bond donors (Lipinski definition) is 2. The first-order valence-electron chi connectivity index (χ1n) is 7.01. The van der Waals surface area contributed by atoms with Gasteiger partial charge in [0.15, 0.2) is 0 Å². The van der Waals surface area contributed by atoms with Gasteiger partial charge in [0, 0.05) is 26.1 Å². The minimum atomic E-state index is -3.52. The van der Waals surface area contributed by atoms with E-state index in [-0.39, 0.29) is 23.3 Å². The van der Waals surface area contributed by atoms with E-state index in [1.165, 1.54) is 4.31 Å². The maximum Gasteiger partial charge on any atom is 0.243 e. The second-order valence-electron chi connectivity index (χ2n) is 5.33. The molecule has 116 valence electrons. The fourth-order valence-corrected chi connectivity index (χ4v) is 4.40. The Balaban J connectivity index is 2.13. The first-order chi connectivity index (χ1) is 9.95. The second-order valence-corrected chi connectivity index (χ2v) is 7.24. The Morgan fingerprint density at radius 2 is 1.86 bits per heavy atom. The smallest absolute Gasteiger partial charge is 0.243 e. The van der Waals surface area contributed by atoms with Crippen molar-refractivity contribution in [1.29, 1.82) is 0 Å². The largest absolute Gasteiger partial charge is 0.370 e. The van der Waals surface area contributed by atoms with Crippen LogP contribution in [0.1, 0.15) is 24.8 Å². The molecule has 0 atom stereocenters. The van der Waals surface area contributed by atoms with Gasteiger partial charge in [0.1, 0.15) is 0 Å². The number of carbonyl (C=O) groups is 1. The number of nitrogens with two attached hydrogens (primary N) is 2. The summed E-state index contributed by atoms with van der Waals surface area (Å²) in [5.74, 6) is -0.150. The van der Waals surface area contributed by atoms with Gasteiger partial charge < -0.3 is 11.5 Å². The molecule has 1 fully saturated rings. The van der Waals surface area contributed by atoms with E-state index in [9.17, 15) is 13.2 Å². The van der Waals surface area contributed by atoms with Crippen molar-refractivity contribution in [3.63, 3.8) is 0 Å². The summed E-state index contributed by atoms with van der Waals surface area (Å²) in [5, 5.41) is 0. The predicted octanol–water partition coefficient (Wildman–Crippen LogP) is 0.421. The highest BCUT2D eigenvalue weighted by Crippen LogP contribution is 2.26. The molecule has 2 rings (SSSR count). The average Bonchev–Trinajstić information content (AvgIpc) is 2.47. The summed E-state index contributed by atoms with van der Waals surface area (Å²) in [4.78, 5) is 11.2. The first kappa shape index (κ1) is 15.9. The monoisotopic (exact) mass is 311 g/mol. The van der Waals surface area contributed by atoms with Crippen molar-refractivity contribution in [2.75, 3.05) is 13.1 Å². The number of benzene rings is 1. The summed E-state index contributed by atoms with van der Waals surface area (Å²) in [7, 11) is -3.52. The molecule has 0 unspecified atom stereocenters. The van der Waals surface area contributed by atoms with Crippen LogP contribution in [0.4, 0.5) is 0 Å². The van der Waals surface area contributed by atoms with E-state index in [0.717, 1.165) is 0 Å². The summed E-state index contributed by atoms with van der Waals surface area (Å²) < 4.78 is 26.8. The molecule has 1 aromatic rings. The van der Waals surface area contributed by atoms with Crippen LogP contribution in [-0.4, -0.2) is 31.7 Å². The van der Waals surface area contributed by atoms with Crippen molar-refractivity contribution in [1.82, 2.24) is 4.31 Å². The molecule has 0 radical (unpaired) electrons. The number of piperidine rings is 1. The van der Waals surface area contributed by atoms with Gasteiger partial charge in [0.2, 0.25) is 15.9 Å². The van der Waals surface area contributed by atoms with E-state index in [1.54, 1.807) is 24.3 Å². The maximum atomic E-state index is 12.7. The van der Waals surface area contributed by atoms with Crippen LogP contribution in [0.2, 0.25) is 0 Å². The molecule has 21 heavy (non-hydrogen) atoms. The third-order valence-corrected chi connectivity index (χ3v) is 5.87. The molecule has 4 N–H and O–H groups in total. The topological polar surface area (TPSA) is 106 Å². The van der Waals surface area contributed by atoms with Crippen molar-refractivity contribution in [3.8, 4) is 0 Å². The number of primary amides is 1. The molecule has 1 amide bonds. The molecule has 1 heterocycles. The molecule has 7 heteroatoms. The molecule has 6 nitrogen and oxygen atoms in total. The number of amides is 1. The minimum Gasteiger partial charge on any atom is -0.370 e. The molecule has 1 aliphatic rings. The lowest BCUT2D eigenvalue weighted by Gasteiger charge is -2.31. The van der Waals surface area contributed by atoms with Crippen LogP contribution in [0.3, 0.4) is 0 Å². The van der Waals surface area contributed by atoms with Gasteiger partial charge in [0.05, 0.1) is 4.90 Å². The highest BCUT2D eigenvalue weighted by atomic mass is 32.2. The van der Waals surface area contributed by atoms with Crippen molar-refractivity contribution >= 4 is 15.9 Å². The molecular formula is C14H21N3O3S. The Labute approximate surface area is 125 Å². The van der Waals surface area contributed by atoms with E-state index < -0.39 is 10.0 Å². The van der Waals surface area contributed by atoms with Gasteiger partial charge in [-0.1, -0.05) is 18.2 Å². The molecule has 0 saturated carbocycles. The number of sulfonamides is 1. The standard InChI is InChI=1S/C14H21N3O3S/c15-10-12-3-1-2-4-13(12)21(19,20)17-7-5-11(6-8-17)9-14(16)18/h1-4,11H,5-10,15H2,(H2,16,18). The third-order valence-electron chi connectivity index (χ3n) is 3.87. The highest BCUT2D eigenvalue weighted by molar-refractivity contribution is 7.89. The fourth-order valence-electron chi connectivity index (χ4n) is 2.70. The Morgan fingerprint density at radius 1 is 1.24 bits per heavy atom. The first-order valence-corrected chi connectivity index (χ1v) is 8.45. The van der Waals surface area contributed by atoms with Gasteiger partial charge in [0.25, 0.3) is 0 Å². The zero-order valence-corrected chi connectivity index (χ0v) is 12.7. The number of hydrogen-bond acceptors (Lipinski definition) is 4. The van der Waals surface area contributed by atoms with E-state index in [1.807, 2.05) is 0 Å². The van der Waals surface area contributed by atoms with Crippen LogP contribution in [0.25, 0.3) is 0 Å². The van der Waals surface area contributed by atoms with E-state index >= 15 is 0 Å². The van der Waals surface area contributed by atoms with Crippen LogP contribution in [0.5, 0.6) is 0 Å². The van der Waals surface area contributed by atoms with Crippen molar-refractivity contribution < 1.29 is 13.2 Å². The van der Waals surface area contributed by atoms with Gasteiger partial charge in [-0.15, -0.1) is 0 Å². The van der Waals surface area contributed by atoms with Gasteiger partial charge in [-0.3, -0.25) is 4.79 Å². The third kappa shape index (κ3) is 3.61. The van der Waals surface area contributed by atoms with Crippen LogP contribution in [0, 0.1) is 5.92 Å². The number of carbonyl (C=O) groups excluding carboxylic acids is 1. The lowest BCUT2D eigenvalue weighted by Crippen LogP contribution is -2.39. The summed E-state index contributed by atoms with van der Waals surface area (Å²) in [5.41, 5.74) is 11.4. The van der Waals surface area contributed by atoms with Gasteiger partial charge in [-0.2, -0.15) is 4.31 Å². The lowest BCUT2D eigenvalue weighted by atomic mass is 9.94. The zero-order valence-electron chi connectivity index (χ0n) is 11.9. The van der Waals surface area contributed by atoms with Crippen LogP contribution in [0.15, 0.2) is 29.2 Å². The summed E-state index contributed by atoms with van der Waals surface area (Å²) >= 11 is 0. The van der Waals surface area contributed by atoms with E-state index in [0.29, 0.717) is 37.9 Å². The second kappa shape index (κ2) is 6.55. The Hall–Kier alpha value is -1.44. The van der Waals surface area contributed by atoms with E-state index in [4.69, 9.17) is 11.5 Å². The lowest BCUT2D eigenvalue weighted by molar-refractivity contribution is -0.119. The summed E-state index contributed by atoms with van der Waals surface area (Å²) in [6.45, 7) is 1.02. The Morgan fingerprint density at radius 3 is 2.43 bits per heavy atom. The zero-order chi connectivity index (χ0) is 15.5. The summed E-state index contributed by atoms with van der Waals surface area (Å²) in [6, 6.07) is 6.80. The summed E-state index contributed by atoms with van der Waals surface area (Å²) in [6.07, 6.45) is 1.65.